The van der Waals surface area contributed by atoms with Crippen LogP contribution in [0.2, 0.25) is 0 Å². The smallest absolute Gasteiger partial charge is 0.543 e. The Morgan fingerprint density at radius 1 is 1.03 bits per heavy atom. The molecule has 7 heteroatoms. The predicted molar refractivity (Wildman–Crippen MR) is 116 cm³/mol. The molecule has 1 saturated heterocycles. The molecule has 2 aromatic carbocycles. The number of carboxylic acid groups (broad SMARTS) is 1. The summed E-state index contributed by atoms with van der Waals surface area (Å²) in [6.07, 6.45) is 2.00. The minimum absolute atomic E-state index is 0. The van der Waals surface area contributed by atoms with E-state index in [0.717, 1.165) is 53.0 Å². The maximum Gasteiger partial charge on any atom is 1.00 e. The zero-order valence-corrected chi connectivity index (χ0v) is 20.9. The molecule has 0 spiro atoms. The van der Waals surface area contributed by atoms with Crippen molar-refractivity contribution in [3.8, 4) is 28.1 Å². The fraction of sp³-hybridized carbons (Fsp3) is 0.250. The average Bonchev–Trinajstić information content (AvgIpc) is 2.79. The maximum absolute atomic E-state index is 11.3. The maximum atomic E-state index is 11.3. The van der Waals surface area contributed by atoms with Crippen LogP contribution >= 0.6 is 15.9 Å². The van der Waals surface area contributed by atoms with Crippen LogP contribution in [0.25, 0.3) is 22.4 Å². The van der Waals surface area contributed by atoms with E-state index in [-0.39, 0.29) is 35.3 Å². The quantitative estimate of drug-likeness (QED) is 0.488. The summed E-state index contributed by atoms with van der Waals surface area (Å²) in [6, 6.07) is 18.6. The summed E-state index contributed by atoms with van der Waals surface area (Å²) < 4.78 is 12.6. The van der Waals surface area contributed by atoms with Crippen LogP contribution < -0.4 is 39.4 Å². The number of benzene rings is 2. The van der Waals surface area contributed by atoms with E-state index < -0.39 is 5.97 Å². The van der Waals surface area contributed by atoms with Gasteiger partial charge >= 0.3 is 29.6 Å². The molecule has 1 aliphatic rings. The van der Waals surface area contributed by atoms with Gasteiger partial charge in [-0.15, -0.1) is 0 Å². The van der Waals surface area contributed by atoms with Crippen LogP contribution in [0, 0.1) is 5.92 Å². The van der Waals surface area contributed by atoms with Crippen molar-refractivity contribution >= 4 is 21.9 Å². The minimum Gasteiger partial charge on any atom is -0.543 e. The van der Waals surface area contributed by atoms with E-state index in [4.69, 9.17) is 9.47 Å². The van der Waals surface area contributed by atoms with Crippen molar-refractivity contribution in [3.63, 3.8) is 0 Å². The summed E-state index contributed by atoms with van der Waals surface area (Å²) in [5, 5.41) is 11.3. The summed E-state index contributed by atoms with van der Waals surface area (Å²) in [7, 11) is 0. The van der Waals surface area contributed by atoms with Crippen molar-refractivity contribution in [1.82, 2.24) is 4.98 Å². The zero-order chi connectivity index (χ0) is 20.9. The van der Waals surface area contributed by atoms with Crippen molar-refractivity contribution in [3.05, 3.63) is 70.8 Å². The fourth-order valence-corrected chi connectivity index (χ4v) is 3.96. The van der Waals surface area contributed by atoms with E-state index in [9.17, 15) is 9.90 Å². The van der Waals surface area contributed by atoms with Gasteiger partial charge in [0.2, 0.25) is 0 Å². The first-order valence-electron chi connectivity index (χ1n) is 9.90. The molecule has 0 N–H and O–H groups in total. The van der Waals surface area contributed by atoms with E-state index in [2.05, 4.69) is 20.9 Å². The number of pyridine rings is 1. The molecular formula is C24H21BrNNaO4. The van der Waals surface area contributed by atoms with Gasteiger partial charge in [0.25, 0.3) is 0 Å². The van der Waals surface area contributed by atoms with E-state index in [1.165, 1.54) is 6.07 Å². The number of hydrogen-bond acceptors (Lipinski definition) is 5. The number of carboxylic acids is 1. The second-order valence-corrected chi connectivity index (χ2v) is 8.16. The topological polar surface area (TPSA) is 71.5 Å². The first kappa shape index (κ1) is 24.0. The number of halogens is 1. The SMILES string of the molecule is O=C([O-])c1cccc(-c2ccccc2-c2cc(Br)ccc2OCC2CCOCC2)n1.[Na+]. The molecule has 0 saturated carbocycles. The van der Waals surface area contributed by atoms with Crippen molar-refractivity contribution in [2.75, 3.05) is 19.8 Å². The predicted octanol–water partition coefficient (Wildman–Crippen LogP) is 1.35. The van der Waals surface area contributed by atoms with Crippen LogP contribution in [0.4, 0.5) is 0 Å². The van der Waals surface area contributed by atoms with Gasteiger partial charge in [0, 0.05) is 28.8 Å². The minimum atomic E-state index is -1.29. The summed E-state index contributed by atoms with van der Waals surface area (Å²) >= 11 is 3.56. The molecule has 0 aliphatic carbocycles. The van der Waals surface area contributed by atoms with Gasteiger partial charge in [0.05, 0.1) is 24.0 Å². The first-order valence-corrected chi connectivity index (χ1v) is 10.7. The van der Waals surface area contributed by atoms with Crippen LogP contribution in [0.15, 0.2) is 65.1 Å². The third-order valence-electron chi connectivity index (χ3n) is 5.21. The number of rotatable bonds is 6. The van der Waals surface area contributed by atoms with Gasteiger partial charge < -0.3 is 19.4 Å². The van der Waals surface area contributed by atoms with Crippen LogP contribution in [0.5, 0.6) is 5.75 Å². The number of nitrogens with zero attached hydrogens (tertiary/aromatic N) is 1. The first-order chi connectivity index (χ1) is 14.6. The molecule has 0 unspecified atom stereocenters. The summed E-state index contributed by atoms with van der Waals surface area (Å²) in [5.41, 5.74) is 3.15. The van der Waals surface area contributed by atoms with E-state index in [1.54, 1.807) is 12.1 Å². The van der Waals surface area contributed by atoms with Crippen molar-refractivity contribution in [2.24, 2.45) is 5.92 Å². The molecule has 0 amide bonds. The van der Waals surface area contributed by atoms with Crippen LogP contribution in [0.3, 0.4) is 0 Å². The molecule has 1 aliphatic heterocycles. The van der Waals surface area contributed by atoms with Gasteiger partial charge in [-0.25, -0.2) is 4.98 Å². The molecule has 154 valence electrons. The summed E-state index contributed by atoms with van der Waals surface area (Å²) in [6.45, 7) is 2.20. The standard InChI is InChI=1S/C24H22BrNO4.Na/c25-17-8-9-23(30-15-16-10-12-29-13-11-16)20(14-17)18-4-1-2-5-19(18)21-6-3-7-22(26-21)24(27)28;/h1-9,14,16H,10-13,15H2,(H,27,28);/q;+1/p-1. The average molecular weight is 490 g/mol. The van der Waals surface area contributed by atoms with E-state index >= 15 is 0 Å². The Labute approximate surface area is 212 Å². The Hall–Kier alpha value is -1.70. The Bertz CT molecular complexity index is 1050. The Morgan fingerprint density at radius 3 is 2.52 bits per heavy atom. The molecule has 2 heterocycles. The fourth-order valence-electron chi connectivity index (χ4n) is 3.60. The number of hydrogen-bond donors (Lipinski definition) is 0. The molecular weight excluding hydrogens is 469 g/mol. The van der Waals surface area contributed by atoms with E-state index in [1.807, 2.05) is 42.5 Å². The van der Waals surface area contributed by atoms with Gasteiger partial charge in [-0.3, -0.25) is 0 Å². The van der Waals surface area contributed by atoms with Gasteiger partial charge in [0.15, 0.2) is 0 Å². The van der Waals surface area contributed by atoms with E-state index in [0.29, 0.717) is 18.2 Å². The third kappa shape index (κ3) is 5.96. The largest absolute Gasteiger partial charge is 1.00 e. The second kappa shape index (κ2) is 11.2. The summed E-state index contributed by atoms with van der Waals surface area (Å²) in [4.78, 5) is 15.5. The van der Waals surface area contributed by atoms with Gasteiger partial charge in [-0.05, 0) is 54.7 Å². The normalized spacial score (nSPS) is 14.0. The third-order valence-corrected chi connectivity index (χ3v) is 5.70. The number of carbonyl (C=O) groups is 1. The Morgan fingerprint density at radius 2 is 1.77 bits per heavy atom. The molecule has 0 bridgehead atoms. The molecule has 1 fully saturated rings. The monoisotopic (exact) mass is 489 g/mol. The van der Waals surface area contributed by atoms with Gasteiger partial charge in [0.1, 0.15) is 5.75 Å². The van der Waals surface area contributed by atoms with Gasteiger partial charge in [-0.1, -0.05) is 46.3 Å². The molecule has 3 aromatic rings. The molecule has 4 rings (SSSR count). The Kier molecular flexibility index (Phi) is 8.69. The zero-order valence-electron chi connectivity index (χ0n) is 17.3. The summed E-state index contributed by atoms with van der Waals surface area (Å²) in [5.74, 6) is -0.0302. The molecule has 1 aromatic heterocycles. The Balaban J connectivity index is 0.00000272. The van der Waals surface area contributed by atoms with Crippen LogP contribution in [-0.2, 0) is 4.74 Å². The van der Waals surface area contributed by atoms with Crippen LogP contribution in [-0.4, -0.2) is 30.8 Å². The number of aromatic carboxylic acids is 1. The second-order valence-electron chi connectivity index (χ2n) is 7.25. The number of carbonyl (C=O) groups excluding carboxylic acids is 1. The molecule has 5 nitrogen and oxygen atoms in total. The van der Waals surface area contributed by atoms with Crippen LogP contribution in [0.1, 0.15) is 23.3 Å². The molecule has 31 heavy (non-hydrogen) atoms. The van der Waals surface area contributed by atoms with Crippen molar-refractivity contribution < 1.29 is 48.9 Å². The number of aromatic nitrogens is 1. The van der Waals surface area contributed by atoms with Gasteiger partial charge in [-0.2, -0.15) is 0 Å². The molecule has 0 radical (unpaired) electrons. The number of ether oxygens (including phenoxy) is 2. The van der Waals surface area contributed by atoms with Crippen molar-refractivity contribution in [1.29, 1.82) is 0 Å². The molecule has 0 atom stereocenters. The van der Waals surface area contributed by atoms with Crippen molar-refractivity contribution in [2.45, 2.75) is 12.8 Å².